The molecule has 1 aromatic carbocycles. The highest BCUT2D eigenvalue weighted by molar-refractivity contribution is 7.82. The fraction of sp³-hybridized carbons (Fsp3) is 0.500. The summed E-state index contributed by atoms with van der Waals surface area (Å²) in [5.74, 6) is -0.0280. The van der Waals surface area contributed by atoms with Crippen molar-refractivity contribution in [2.75, 3.05) is 17.4 Å². The van der Waals surface area contributed by atoms with Gasteiger partial charge < -0.3 is 10.1 Å². The van der Waals surface area contributed by atoms with Gasteiger partial charge in [-0.15, -0.1) is 0 Å². The largest absolute Gasteiger partial charge is 0.444 e. The molecule has 1 N–H and O–H groups in total. The van der Waals surface area contributed by atoms with Gasteiger partial charge in [-0.1, -0.05) is 0 Å². The van der Waals surface area contributed by atoms with Gasteiger partial charge in [0.15, 0.2) is 5.78 Å². The minimum Gasteiger partial charge on any atom is -0.444 e. The Kier molecular flexibility index (Phi) is 5.61. The van der Waals surface area contributed by atoms with Gasteiger partial charge in [0.25, 0.3) is 11.3 Å². The zero-order valence-electron chi connectivity index (χ0n) is 14.2. The number of amides is 1. The second kappa shape index (κ2) is 7.31. The van der Waals surface area contributed by atoms with Crippen LogP contribution in [-0.4, -0.2) is 40.9 Å². The number of hydrogen-bond donors (Lipinski definition) is 1. The average molecular weight is 354 g/mol. The van der Waals surface area contributed by atoms with Crippen LogP contribution in [0.2, 0.25) is 0 Å². The normalized spacial score (nSPS) is 20.8. The first-order valence-electron chi connectivity index (χ1n) is 7.60. The fourth-order valence-electron chi connectivity index (χ4n) is 2.11. The average Bonchev–Trinajstić information content (AvgIpc) is 2.84. The zero-order valence-corrected chi connectivity index (χ0v) is 15.0. The number of benzene rings is 1. The lowest BCUT2D eigenvalue weighted by molar-refractivity contribution is 0.0509. The van der Waals surface area contributed by atoms with E-state index in [0.29, 0.717) is 17.8 Å². The van der Waals surface area contributed by atoms with Crippen molar-refractivity contribution in [1.29, 1.82) is 0 Å². The smallest absolute Gasteiger partial charge is 0.407 e. The van der Waals surface area contributed by atoms with Crippen molar-refractivity contribution in [3.63, 3.8) is 0 Å². The van der Waals surface area contributed by atoms with Crippen LogP contribution < -0.4 is 9.62 Å². The van der Waals surface area contributed by atoms with Crippen molar-refractivity contribution >= 4 is 28.8 Å². The summed E-state index contributed by atoms with van der Waals surface area (Å²) < 4.78 is 24.1. The Labute approximate surface area is 144 Å². The Balaban J connectivity index is 1.91. The quantitative estimate of drug-likeness (QED) is 0.838. The van der Waals surface area contributed by atoms with E-state index in [1.54, 1.807) is 49.3 Å². The Bertz CT molecular complexity index is 639. The molecule has 1 heterocycles. The van der Waals surface area contributed by atoms with Crippen molar-refractivity contribution in [3.8, 4) is 0 Å². The number of anilines is 1. The molecule has 1 aromatic rings. The number of rotatable bonds is 4. The van der Waals surface area contributed by atoms with E-state index in [-0.39, 0.29) is 12.3 Å². The van der Waals surface area contributed by atoms with E-state index in [1.807, 2.05) is 0 Å². The molecule has 1 aliphatic heterocycles. The number of nitrogens with zero attached hydrogens (tertiary/aromatic N) is 1. The molecule has 7 nitrogen and oxygen atoms in total. The molecule has 2 atom stereocenters. The summed E-state index contributed by atoms with van der Waals surface area (Å²) in [6.45, 7) is 7.38. The monoisotopic (exact) mass is 354 g/mol. The zero-order chi connectivity index (χ0) is 17.9. The number of ether oxygens (including phenoxy) is 1. The summed E-state index contributed by atoms with van der Waals surface area (Å²) in [6.07, 6.45) is -0.952. The molecule has 0 spiro atoms. The van der Waals surface area contributed by atoms with Gasteiger partial charge in [0.1, 0.15) is 11.7 Å². The topological polar surface area (TPSA) is 84.9 Å². The molecule has 0 radical (unpaired) electrons. The highest BCUT2D eigenvalue weighted by Crippen LogP contribution is 2.24. The number of nitrogens with one attached hydrogen (secondary N) is 1. The standard InChI is InChI=1S/C16H22N2O5S/c1-11(19)12-5-7-13(8-6-12)18-10-14(23-24(18)21)9-17-15(20)22-16(2,3)4/h5-8,14H,9-10H2,1-4H3,(H,17,20)/t14-,24+/m1/s1. The van der Waals surface area contributed by atoms with Crippen LogP contribution in [0, 0.1) is 0 Å². The van der Waals surface area contributed by atoms with Gasteiger partial charge in [0.05, 0.1) is 18.8 Å². The molecule has 0 aromatic heterocycles. The van der Waals surface area contributed by atoms with Crippen LogP contribution in [0.3, 0.4) is 0 Å². The molecule has 2 rings (SSSR count). The molecule has 24 heavy (non-hydrogen) atoms. The molecule has 0 aliphatic carbocycles. The fourth-order valence-corrected chi connectivity index (χ4v) is 3.16. The van der Waals surface area contributed by atoms with Crippen molar-refractivity contribution in [2.45, 2.75) is 39.4 Å². The third-order valence-corrected chi connectivity index (χ3v) is 4.36. The van der Waals surface area contributed by atoms with E-state index in [9.17, 15) is 13.8 Å². The summed E-state index contributed by atoms with van der Waals surface area (Å²) in [5, 5.41) is 2.61. The first-order valence-corrected chi connectivity index (χ1v) is 8.63. The SMILES string of the molecule is CC(=O)c1ccc(N2C[C@@H](CNC(=O)OC(C)(C)C)O[S@@]2=O)cc1. The van der Waals surface area contributed by atoms with Gasteiger partial charge in [0, 0.05) is 5.56 Å². The van der Waals surface area contributed by atoms with Crippen molar-refractivity contribution in [3.05, 3.63) is 29.8 Å². The van der Waals surface area contributed by atoms with Gasteiger partial charge in [0.2, 0.25) is 0 Å². The molecule has 0 saturated carbocycles. The van der Waals surface area contributed by atoms with Gasteiger partial charge >= 0.3 is 6.09 Å². The number of alkyl carbamates (subject to hydrolysis) is 1. The second-order valence-electron chi connectivity index (χ2n) is 6.48. The molecule has 132 valence electrons. The lowest BCUT2D eigenvalue weighted by Gasteiger charge is -2.20. The summed E-state index contributed by atoms with van der Waals surface area (Å²) in [4.78, 5) is 22.9. The summed E-state index contributed by atoms with van der Waals surface area (Å²) >= 11 is -1.64. The minimum absolute atomic E-state index is 0.0280. The third-order valence-electron chi connectivity index (χ3n) is 3.20. The molecule has 0 bridgehead atoms. The number of Topliss-reactive ketones (excluding diaryl/α,β-unsaturated/α-hetero) is 1. The van der Waals surface area contributed by atoms with Crippen LogP contribution >= 0.6 is 0 Å². The number of hydrogen-bond acceptors (Lipinski definition) is 5. The summed E-state index contributed by atoms with van der Waals surface area (Å²) in [5.41, 5.74) is 0.708. The Morgan fingerprint density at radius 2 is 1.96 bits per heavy atom. The summed E-state index contributed by atoms with van der Waals surface area (Å²) in [7, 11) is 0. The van der Waals surface area contributed by atoms with E-state index >= 15 is 0 Å². The van der Waals surface area contributed by atoms with Crippen LogP contribution in [0.5, 0.6) is 0 Å². The molecule has 1 aliphatic rings. The number of carbonyl (C=O) groups is 2. The van der Waals surface area contributed by atoms with Crippen LogP contribution in [0.1, 0.15) is 38.1 Å². The van der Waals surface area contributed by atoms with Gasteiger partial charge in [-0.05, 0) is 52.0 Å². The second-order valence-corrected chi connectivity index (χ2v) is 7.55. The van der Waals surface area contributed by atoms with Gasteiger partial charge in [-0.25, -0.2) is 9.00 Å². The van der Waals surface area contributed by atoms with E-state index < -0.39 is 29.1 Å². The van der Waals surface area contributed by atoms with Gasteiger partial charge in [-0.2, -0.15) is 0 Å². The molecular weight excluding hydrogens is 332 g/mol. The van der Waals surface area contributed by atoms with Crippen molar-refractivity contribution < 1.29 is 22.7 Å². The van der Waals surface area contributed by atoms with Crippen molar-refractivity contribution in [2.24, 2.45) is 0 Å². The highest BCUT2D eigenvalue weighted by Gasteiger charge is 2.31. The molecular formula is C16H22N2O5S. The van der Waals surface area contributed by atoms with Crippen LogP contribution in [0.4, 0.5) is 10.5 Å². The lowest BCUT2D eigenvalue weighted by atomic mass is 10.1. The maximum atomic E-state index is 12.1. The van der Waals surface area contributed by atoms with Crippen LogP contribution in [-0.2, 0) is 20.2 Å². The number of ketones is 1. The summed E-state index contributed by atoms with van der Waals surface area (Å²) in [6, 6.07) is 6.81. The van der Waals surface area contributed by atoms with Gasteiger partial charge in [-0.3, -0.25) is 13.3 Å². The highest BCUT2D eigenvalue weighted by atomic mass is 32.2. The Hall–Kier alpha value is -1.93. The number of carbonyl (C=O) groups excluding carboxylic acids is 2. The first kappa shape index (κ1) is 18.4. The maximum absolute atomic E-state index is 12.1. The van der Waals surface area contributed by atoms with Crippen LogP contribution in [0.15, 0.2) is 24.3 Å². The maximum Gasteiger partial charge on any atom is 0.407 e. The van der Waals surface area contributed by atoms with Crippen LogP contribution in [0.25, 0.3) is 0 Å². The van der Waals surface area contributed by atoms with E-state index in [4.69, 9.17) is 8.92 Å². The Morgan fingerprint density at radius 1 is 1.33 bits per heavy atom. The molecule has 0 unspecified atom stereocenters. The lowest BCUT2D eigenvalue weighted by Crippen LogP contribution is -2.38. The molecule has 1 fully saturated rings. The Morgan fingerprint density at radius 3 is 2.50 bits per heavy atom. The predicted octanol–water partition coefficient (Wildman–Crippen LogP) is 2.20. The molecule has 1 amide bonds. The molecule has 1 saturated heterocycles. The minimum atomic E-state index is -1.64. The van der Waals surface area contributed by atoms with E-state index in [2.05, 4.69) is 5.32 Å². The third kappa shape index (κ3) is 5.04. The predicted molar refractivity (Wildman–Crippen MR) is 91.0 cm³/mol. The first-order chi connectivity index (χ1) is 11.2. The van der Waals surface area contributed by atoms with Crippen molar-refractivity contribution in [1.82, 2.24) is 5.32 Å². The van der Waals surface area contributed by atoms with E-state index in [1.165, 1.54) is 6.92 Å². The molecule has 8 heteroatoms. The van der Waals surface area contributed by atoms with E-state index in [0.717, 1.165) is 0 Å².